The number of piperazine rings is 1. The quantitative estimate of drug-likeness (QED) is 0.768. The predicted molar refractivity (Wildman–Crippen MR) is 82.2 cm³/mol. The van der Waals surface area contributed by atoms with Crippen molar-refractivity contribution in [2.45, 2.75) is 6.42 Å². The summed E-state index contributed by atoms with van der Waals surface area (Å²) in [4.78, 5) is 20.0. The lowest BCUT2D eigenvalue weighted by Crippen LogP contribution is -2.47. The molecule has 2 rings (SSSR count). The van der Waals surface area contributed by atoms with Crippen molar-refractivity contribution in [2.24, 2.45) is 0 Å². The van der Waals surface area contributed by atoms with Crippen molar-refractivity contribution in [3.63, 3.8) is 0 Å². The number of nitrogens with zero attached hydrogens (tertiary/aromatic N) is 3. The van der Waals surface area contributed by atoms with Gasteiger partial charge in [-0.15, -0.1) is 0 Å². The van der Waals surface area contributed by atoms with Gasteiger partial charge in [0.15, 0.2) is 0 Å². The molecule has 0 N–H and O–H groups in total. The maximum Gasteiger partial charge on any atom is 0.306 e. The number of hydrogen-bond acceptors (Lipinski definition) is 5. The molecule has 1 fully saturated rings. The topological polar surface area (TPSA) is 45.7 Å². The van der Waals surface area contributed by atoms with Gasteiger partial charge in [-0.05, 0) is 22.0 Å². The van der Waals surface area contributed by atoms with Crippen LogP contribution in [-0.4, -0.2) is 55.7 Å². The fourth-order valence-corrected chi connectivity index (χ4v) is 3.06. The first-order chi connectivity index (χ1) is 9.60. The molecule has 1 aliphatic rings. The van der Waals surface area contributed by atoms with Crippen LogP contribution in [-0.2, 0) is 9.53 Å². The Balaban J connectivity index is 1.86. The lowest BCUT2D eigenvalue weighted by atomic mass is 10.3. The minimum Gasteiger partial charge on any atom is -0.469 e. The highest BCUT2D eigenvalue weighted by Crippen LogP contribution is 2.27. The Morgan fingerprint density at radius 1 is 1.45 bits per heavy atom. The molecule has 0 aromatic carbocycles. The number of anilines is 1. The molecule has 1 saturated heterocycles. The van der Waals surface area contributed by atoms with Crippen molar-refractivity contribution in [2.75, 3.05) is 44.7 Å². The SMILES string of the molecule is COC(=O)CCN1CCN(c2ncc(Cl)cc2Br)CC1. The van der Waals surface area contributed by atoms with E-state index in [1.165, 1.54) is 7.11 Å². The van der Waals surface area contributed by atoms with Crippen LogP contribution in [0.3, 0.4) is 0 Å². The van der Waals surface area contributed by atoms with Crippen molar-refractivity contribution in [3.8, 4) is 0 Å². The number of methoxy groups -OCH3 is 1. The number of aromatic nitrogens is 1. The molecule has 0 radical (unpaired) electrons. The van der Waals surface area contributed by atoms with Crippen molar-refractivity contribution < 1.29 is 9.53 Å². The molecule has 0 spiro atoms. The highest BCUT2D eigenvalue weighted by Gasteiger charge is 2.20. The highest BCUT2D eigenvalue weighted by atomic mass is 79.9. The lowest BCUT2D eigenvalue weighted by Gasteiger charge is -2.35. The number of esters is 1. The zero-order valence-corrected chi connectivity index (χ0v) is 13.7. The van der Waals surface area contributed by atoms with Crippen LogP contribution in [0.4, 0.5) is 5.82 Å². The van der Waals surface area contributed by atoms with Crippen LogP contribution in [0.1, 0.15) is 6.42 Å². The summed E-state index contributed by atoms with van der Waals surface area (Å²) in [6, 6.07) is 1.85. The first-order valence-corrected chi connectivity index (χ1v) is 7.62. The molecule has 0 atom stereocenters. The molecule has 7 heteroatoms. The van der Waals surface area contributed by atoms with Gasteiger partial charge in [-0.25, -0.2) is 4.98 Å². The summed E-state index contributed by atoms with van der Waals surface area (Å²) in [5.41, 5.74) is 0. The third-order valence-electron chi connectivity index (χ3n) is 3.32. The van der Waals surface area contributed by atoms with Gasteiger partial charge < -0.3 is 9.64 Å². The Bertz CT molecular complexity index is 479. The van der Waals surface area contributed by atoms with Crippen molar-refractivity contribution in [1.82, 2.24) is 9.88 Å². The number of ether oxygens (including phenoxy) is 1. The van der Waals surface area contributed by atoms with E-state index in [0.29, 0.717) is 11.4 Å². The summed E-state index contributed by atoms with van der Waals surface area (Å²) < 4.78 is 5.56. The molecule has 1 aromatic heterocycles. The number of hydrogen-bond donors (Lipinski definition) is 0. The fraction of sp³-hybridized carbons (Fsp3) is 0.538. The van der Waals surface area contributed by atoms with Crippen LogP contribution in [0.2, 0.25) is 5.02 Å². The van der Waals surface area contributed by atoms with E-state index in [0.717, 1.165) is 43.0 Å². The first-order valence-electron chi connectivity index (χ1n) is 6.45. The Morgan fingerprint density at radius 3 is 2.75 bits per heavy atom. The van der Waals surface area contributed by atoms with Gasteiger partial charge in [0.2, 0.25) is 0 Å². The monoisotopic (exact) mass is 361 g/mol. The Hall–Kier alpha value is -0.850. The zero-order chi connectivity index (χ0) is 14.5. The number of carbonyl (C=O) groups is 1. The van der Waals surface area contributed by atoms with Gasteiger partial charge in [0.05, 0.1) is 23.0 Å². The van der Waals surface area contributed by atoms with Gasteiger partial charge in [0.1, 0.15) is 5.82 Å². The summed E-state index contributed by atoms with van der Waals surface area (Å²) >= 11 is 9.39. The molecule has 2 heterocycles. The fourth-order valence-electron chi connectivity index (χ4n) is 2.17. The second-order valence-corrected chi connectivity index (χ2v) is 5.90. The van der Waals surface area contributed by atoms with Crippen molar-refractivity contribution in [3.05, 3.63) is 21.8 Å². The van der Waals surface area contributed by atoms with E-state index in [2.05, 4.69) is 35.5 Å². The Labute approximate surface area is 132 Å². The number of carbonyl (C=O) groups excluding carboxylic acids is 1. The molecular formula is C13H17BrClN3O2. The van der Waals surface area contributed by atoms with E-state index in [4.69, 9.17) is 11.6 Å². The van der Waals surface area contributed by atoms with Gasteiger partial charge in [-0.3, -0.25) is 9.69 Å². The largest absolute Gasteiger partial charge is 0.469 e. The molecule has 0 unspecified atom stereocenters. The number of pyridine rings is 1. The molecule has 1 aliphatic heterocycles. The van der Waals surface area contributed by atoms with Gasteiger partial charge in [-0.1, -0.05) is 11.6 Å². The predicted octanol–water partition coefficient (Wildman–Crippen LogP) is 2.18. The minimum atomic E-state index is -0.158. The van der Waals surface area contributed by atoms with E-state index in [-0.39, 0.29) is 5.97 Å². The summed E-state index contributed by atoms with van der Waals surface area (Å²) in [7, 11) is 1.42. The Kier molecular flexibility index (Phi) is 5.63. The van der Waals surface area contributed by atoms with Crippen LogP contribution in [0.25, 0.3) is 0 Å². The maximum absolute atomic E-state index is 11.1. The normalized spacial score (nSPS) is 16.2. The third-order valence-corrected chi connectivity index (χ3v) is 4.11. The average Bonchev–Trinajstić information content (AvgIpc) is 2.45. The average molecular weight is 363 g/mol. The van der Waals surface area contributed by atoms with Crippen LogP contribution < -0.4 is 4.90 Å². The molecule has 1 aromatic rings. The van der Waals surface area contributed by atoms with Crippen LogP contribution in [0.15, 0.2) is 16.7 Å². The van der Waals surface area contributed by atoms with E-state index in [1.54, 1.807) is 6.20 Å². The summed E-state index contributed by atoms with van der Waals surface area (Å²) in [6.45, 7) is 4.33. The van der Waals surface area contributed by atoms with Crippen molar-refractivity contribution >= 4 is 39.3 Å². The van der Waals surface area contributed by atoms with E-state index in [1.807, 2.05) is 6.07 Å². The number of rotatable bonds is 4. The summed E-state index contributed by atoms with van der Waals surface area (Å²) in [5, 5.41) is 0.623. The van der Waals surface area contributed by atoms with Crippen LogP contribution in [0, 0.1) is 0 Å². The standard InChI is InChI=1S/C13H17BrClN3O2/c1-20-12(19)2-3-17-4-6-18(7-5-17)13-11(14)8-10(15)9-16-13/h8-9H,2-7H2,1H3. The lowest BCUT2D eigenvalue weighted by molar-refractivity contribution is -0.141. The Morgan fingerprint density at radius 2 is 2.15 bits per heavy atom. The molecule has 0 amide bonds. The number of halogens is 2. The van der Waals surface area contributed by atoms with Gasteiger partial charge in [0.25, 0.3) is 0 Å². The minimum absolute atomic E-state index is 0.158. The maximum atomic E-state index is 11.1. The molecule has 0 saturated carbocycles. The van der Waals surface area contributed by atoms with E-state index >= 15 is 0 Å². The molecule has 110 valence electrons. The van der Waals surface area contributed by atoms with Gasteiger partial charge in [0, 0.05) is 38.9 Å². The highest BCUT2D eigenvalue weighted by molar-refractivity contribution is 9.10. The molecule has 0 bridgehead atoms. The molecule has 20 heavy (non-hydrogen) atoms. The van der Waals surface area contributed by atoms with E-state index in [9.17, 15) is 4.79 Å². The first kappa shape index (κ1) is 15.5. The summed E-state index contributed by atoms with van der Waals surface area (Å²) in [6.07, 6.45) is 2.10. The smallest absolute Gasteiger partial charge is 0.306 e. The van der Waals surface area contributed by atoms with Gasteiger partial charge in [-0.2, -0.15) is 0 Å². The van der Waals surface area contributed by atoms with Crippen LogP contribution in [0.5, 0.6) is 0 Å². The van der Waals surface area contributed by atoms with Gasteiger partial charge >= 0.3 is 5.97 Å². The summed E-state index contributed by atoms with van der Waals surface area (Å²) in [5.74, 6) is 0.761. The molecular weight excluding hydrogens is 346 g/mol. The third kappa shape index (κ3) is 4.07. The second kappa shape index (κ2) is 7.24. The molecule has 5 nitrogen and oxygen atoms in total. The van der Waals surface area contributed by atoms with Crippen LogP contribution >= 0.6 is 27.5 Å². The van der Waals surface area contributed by atoms with E-state index < -0.39 is 0 Å². The molecule has 0 aliphatic carbocycles. The van der Waals surface area contributed by atoms with Crippen molar-refractivity contribution in [1.29, 1.82) is 0 Å². The second-order valence-electron chi connectivity index (χ2n) is 4.61. The zero-order valence-electron chi connectivity index (χ0n) is 11.3.